The predicted molar refractivity (Wildman–Crippen MR) is 111 cm³/mol. The lowest BCUT2D eigenvalue weighted by molar-refractivity contribution is -0.123. The fourth-order valence-electron chi connectivity index (χ4n) is 2.80. The molecule has 1 heterocycles. The summed E-state index contributed by atoms with van der Waals surface area (Å²) < 4.78 is 37.4. The molecule has 1 atom stereocenters. The van der Waals surface area contributed by atoms with E-state index in [0.29, 0.717) is 5.69 Å². The van der Waals surface area contributed by atoms with Gasteiger partial charge in [0.1, 0.15) is 4.90 Å². The van der Waals surface area contributed by atoms with Gasteiger partial charge in [-0.2, -0.15) is 4.31 Å². The van der Waals surface area contributed by atoms with Crippen molar-refractivity contribution in [1.82, 2.24) is 4.31 Å². The van der Waals surface area contributed by atoms with E-state index in [1.165, 1.54) is 23.4 Å². The van der Waals surface area contributed by atoms with E-state index in [4.69, 9.17) is 21.1 Å². The molecule has 2 aromatic carbocycles. The highest BCUT2D eigenvalue weighted by Crippen LogP contribution is 2.27. The van der Waals surface area contributed by atoms with Crippen molar-refractivity contribution in [1.29, 1.82) is 0 Å². The van der Waals surface area contributed by atoms with Gasteiger partial charge >= 0.3 is 5.97 Å². The zero-order chi connectivity index (χ0) is 21.7. The number of nitrogens with one attached hydrogen (secondary N) is 1. The number of morpholine rings is 1. The first-order valence-electron chi connectivity index (χ1n) is 9.23. The highest BCUT2D eigenvalue weighted by Gasteiger charge is 2.29. The number of esters is 1. The van der Waals surface area contributed by atoms with Gasteiger partial charge in [-0.05, 0) is 37.3 Å². The van der Waals surface area contributed by atoms with Gasteiger partial charge in [-0.1, -0.05) is 29.8 Å². The zero-order valence-electron chi connectivity index (χ0n) is 16.2. The first kappa shape index (κ1) is 22.2. The first-order chi connectivity index (χ1) is 14.3. The van der Waals surface area contributed by atoms with Crippen LogP contribution in [0.1, 0.15) is 17.3 Å². The van der Waals surface area contributed by atoms with Gasteiger partial charge in [0, 0.05) is 18.8 Å². The fraction of sp³-hybridized carbons (Fsp3) is 0.300. The maximum absolute atomic E-state index is 12.9. The number of carbonyl (C=O) groups is 2. The Bertz CT molecular complexity index is 1020. The summed E-state index contributed by atoms with van der Waals surface area (Å²) in [6.07, 6.45) is -1.09. The van der Waals surface area contributed by atoms with E-state index in [-0.39, 0.29) is 41.8 Å². The summed E-state index contributed by atoms with van der Waals surface area (Å²) in [7, 11) is -3.90. The van der Waals surface area contributed by atoms with Crippen LogP contribution in [0.2, 0.25) is 5.02 Å². The quantitative estimate of drug-likeness (QED) is 0.676. The molecule has 10 heteroatoms. The molecule has 1 fully saturated rings. The van der Waals surface area contributed by atoms with E-state index < -0.39 is 28.0 Å². The zero-order valence-corrected chi connectivity index (χ0v) is 17.8. The summed E-state index contributed by atoms with van der Waals surface area (Å²) in [6.45, 7) is 2.39. The summed E-state index contributed by atoms with van der Waals surface area (Å²) in [4.78, 5) is 24.6. The van der Waals surface area contributed by atoms with Gasteiger partial charge in [0.25, 0.3) is 5.91 Å². The minimum Gasteiger partial charge on any atom is -0.449 e. The smallest absolute Gasteiger partial charge is 0.338 e. The molecule has 30 heavy (non-hydrogen) atoms. The van der Waals surface area contributed by atoms with Crippen molar-refractivity contribution in [2.75, 3.05) is 31.6 Å². The van der Waals surface area contributed by atoms with Gasteiger partial charge in [0.05, 0.1) is 23.8 Å². The summed E-state index contributed by atoms with van der Waals surface area (Å²) in [5.41, 5.74) is 0.543. The molecule has 3 rings (SSSR count). The normalized spacial score (nSPS) is 15.9. The number of hydrogen-bond donors (Lipinski definition) is 1. The Balaban J connectivity index is 1.73. The van der Waals surface area contributed by atoms with Crippen LogP contribution in [-0.4, -0.2) is 57.0 Å². The number of anilines is 1. The molecule has 1 saturated heterocycles. The predicted octanol–water partition coefficient (Wildman–Crippen LogP) is 2.54. The molecule has 1 unspecified atom stereocenters. The Morgan fingerprint density at radius 1 is 1.13 bits per heavy atom. The molecular weight excluding hydrogens is 432 g/mol. The van der Waals surface area contributed by atoms with Gasteiger partial charge < -0.3 is 14.8 Å². The van der Waals surface area contributed by atoms with Crippen molar-refractivity contribution < 1.29 is 27.5 Å². The van der Waals surface area contributed by atoms with E-state index in [1.54, 1.807) is 24.3 Å². The highest BCUT2D eigenvalue weighted by atomic mass is 35.5. The second kappa shape index (κ2) is 9.57. The average molecular weight is 453 g/mol. The molecule has 0 aromatic heterocycles. The molecule has 1 N–H and O–H groups in total. The van der Waals surface area contributed by atoms with Crippen molar-refractivity contribution in [3.8, 4) is 0 Å². The molecule has 160 valence electrons. The Morgan fingerprint density at radius 3 is 2.47 bits per heavy atom. The van der Waals surface area contributed by atoms with Crippen LogP contribution in [0.4, 0.5) is 5.69 Å². The maximum atomic E-state index is 12.9. The average Bonchev–Trinajstić information content (AvgIpc) is 2.75. The minimum absolute atomic E-state index is 0.00656. The summed E-state index contributed by atoms with van der Waals surface area (Å²) in [5.74, 6) is -1.34. The third kappa shape index (κ3) is 5.17. The van der Waals surface area contributed by atoms with E-state index in [0.717, 1.165) is 6.07 Å². The van der Waals surface area contributed by atoms with Crippen LogP contribution in [0.25, 0.3) is 0 Å². The third-order valence-corrected chi connectivity index (χ3v) is 6.83. The van der Waals surface area contributed by atoms with Crippen LogP contribution >= 0.6 is 11.6 Å². The summed E-state index contributed by atoms with van der Waals surface area (Å²) >= 11 is 6.10. The Morgan fingerprint density at radius 2 is 1.80 bits per heavy atom. The molecular formula is C20H21ClN2O6S. The van der Waals surface area contributed by atoms with Crippen molar-refractivity contribution in [2.24, 2.45) is 0 Å². The first-order valence-corrected chi connectivity index (χ1v) is 11.0. The molecule has 1 aliphatic heterocycles. The lowest BCUT2D eigenvalue weighted by atomic mass is 10.2. The SMILES string of the molecule is CC(OC(=O)c1ccc(Cl)c(S(=O)(=O)N2CCOCC2)c1)C(=O)Nc1ccccc1. The van der Waals surface area contributed by atoms with Gasteiger partial charge in [-0.15, -0.1) is 0 Å². The van der Waals surface area contributed by atoms with Crippen molar-refractivity contribution >= 4 is 39.2 Å². The van der Waals surface area contributed by atoms with E-state index in [9.17, 15) is 18.0 Å². The minimum atomic E-state index is -3.90. The second-order valence-electron chi connectivity index (χ2n) is 6.56. The van der Waals surface area contributed by atoms with Gasteiger partial charge in [0.15, 0.2) is 6.10 Å². The molecule has 2 aromatic rings. The van der Waals surface area contributed by atoms with Crippen molar-refractivity contribution in [2.45, 2.75) is 17.9 Å². The molecule has 0 radical (unpaired) electrons. The van der Waals surface area contributed by atoms with Crippen LogP contribution in [0.5, 0.6) is 0 Å². The molecule has 0 saturated carbocycles. The lowest BCUT2D eigenvalue weighted by Gasteiger charge is -2.26. The van der Waals surface area contributed by atoms with Gasteiger partial charge in [-0.3, -0.25) is 4.79 Å². The monoisotopic (exact) mass is 452 g/mol. The standard InChI is InChI=1S/C20H21ClN2O6S/c1-14(19(24)22-16-5-3-2-4-6-16)29-20(25)15-7-8-17(21)18(13-15)30(26,27)23-9-11-28-12-10-23/h2-8,13-14H,9-12H2,1H3,(H,22,24). The van der Waals surface area contributed by atoms with Crippen LogP contribution in [-0.2, 0) is 24.3 Å². The van der Waals surface area contributed by atoms with Crippen LogP contribution < -0.4 is 5.32 Å². The molecule has 0 bridgehead atoms. The van der Waals surface area contributed by atoms with Crippen LogP contribution in [0, 0.1) is 0 Å². The highest BCUT2D eigenvalue weighted by molar-refractivity contribution is 7.89. The van der Waals surface area contributed by atoms with Gasteiger partial charge in [-0.25, -0.2) is 13.2 Å². The molecule has 1 amide bonds. The lowest BCUT2D eigenvalue weighted by Crippen LogP contribution is -2.40. The number of sulfonamides is 1. The Hall–Kier alpha value is -2.46. The van der Waals surface area contributed by atoms with Gasteiger partial charge in [0.2, 0.25) is 10.0 Å². The summed E-state index contributed by atoms with van der Waals surface area (Å²) in [6, 6.07) is 12.6. The molecule has 0 aliphatic carbocycles. The molecule has 8 nitrogen and oxygen atoms in total. The number of halogens is 1. The van der Waals surface area contributed by atoms with Crippen LogP contribution in [0.3, 0.4) is 0 Å². The fourth-order valence-corrected chi connectivity index (χ4v) is 4.71. The number of benzene rings is 2. The topological polar surface area (TPSA) is 102 Å². The van der Waals surface area contributed by atoms with E-state index >= 15 is 0 Å². The Labute approximate surface area is 179 Å². The van der Waals surface area contributed by atoms with Crippen molar-refractivity contribution in [3.05, 3.63) is 59.1 Å². The maximum Gasteiger partial charge on any atom is 0.338 e. The molecule has 1 aliphatic rings. The third-order valence-electron chi connectivity index (χ3n) is 4.45. The number of nitrogens with zero attached hydrogens (tertiary/aromatic N) is 1. The van der Waals surface area contributed by atoms with Crippen LogP contribution in [0.15, 0.2) is 53.4 Å². The number of hydrogen-bond acceptors (Lipinski definition) is 6. The second-order valence-corrected chi connectivity index (χ2v) is 8.88. The number of amides is 1. The van der Waals surface area contributed by atoms with E-state index in [1.807, 2.05) is 6.07 Å². The summed E-state index contributed by atoms with van der Waals surface area (Å²) in [5, 5.41) is 2.63. The van der Waals surface area contributed by atoms with Crippen molar-refractivity contribution in [3.63, 3.8) is 0 Å². The van der Waals surface area contributed by atoms with E-state index in [2.05, 4.69) is 5.32 Å². The number of ether oxygens (including phenoxy) is 2. The molecule has 0 spiro atoms. The number of rotatable bonds is 6. The Kier molecular flexibility index (Phi) is 7.09. The number of carbonyl (C=O) groups excluding carboxylic acids is 2. The number of para-hydroxylation sites is 1. The largest absolute Gasteiger partial charge is 0.449 e.